The third kappa shape index (κ3) is 4.93. The van der Waals surface area contributed by atoms with Crippen LogP contribution in [0.25, 0.3) is 0 Å². The number of carbonyl (C=O) groups excluding carboxylic acids is 1. The maximum absolute atomic E-state index is 12.6. The standard InChI is InChI=1S/C22H25N5O3S/c1-16-6-10-18(11-7-16)26-31(29,30)19-12-8-17(9-13-19)22(28)23-15-21-25-24-20-5-3-2-4-14-27(20)21/h6-13,26H,2-5,14-15H2,1H3,(H,23,28). The highest BCUT2D eigenvalue weighted by molar-refractivity contribution is 7.92. The number of aromatic nitrogens is 3. The van der Waals surface area contributed by atoms with Crippen LogP contribution in [0.3, 0.4) is 0 Å². The van der Waals surface area contributed by atoms with E-state index in [4.69, 9.17) is 0 Å². The monoisotopic (exact) mass is 439 g/mol. The van der Waals surface area contributed by atoms with Crippen LogP contribution in [0.1, 0.15) is 46.8 Å². The largest absolute Gasteiger partial charge is 0.345 e. The first-order valence-electron chi connectivity index (χ1n) is 10.3. The second-order valence-electron chi connectivity index (χ2n) is 7.67. The zero-order chi connectivity index (χ0) is 21.8. The topological polar surface area (TPSA) is 106 Å². The van der Waals surface area contributed by atoms with Crippen LogP contribution in [0.2, 0.25) is 0 Å². The van der Waals surface area contributed by atoms with Crippen LogP contribution in [0.5, 0.6) is 0 Å². The molecule has 1 amide bonds. The van der Waals surface area contributed by atoms with Crippen LogP contribution in [0, 0.1) is 6.92 Å². The van der Waals surface area contributed by atoms with Crippen molar-refractivity contribution in [2.75, 3.05) is 4.72 Å². The van der Waals surface area contributed by atoms with Gasteiger partial charge in [-0.25, -0.2) is 8.42 Å². The minimum Gasteiger partial charge on any atom is -0.345 e. The third-order valence-electron chi connectivity index (χ3n) is 5.32. The van der Waals surface area contributed by atoms with E-state index in [0.29, 0.717) is 11.3 Å². The first-order valence-corrected chi connectivity index (χ1v) is 11.8. The summed E-state index contributed by atoms with van der Waals surface area (Å²) in [4.78, 5) is 12.6. The number of nitrogens with one attached hydrogen (secondary N) is 2. The van der Waals surface area contributed by atoms with E-state index in [-0.39, 0.29) is 17.3 Å². The van der Waals surface area contributed by atoms with Crippen molar-refractivity contribution in [1.29, 1.82) is 0 Å². The quantitative estimate of drug-likeness (QED) is 0.614. The smallest absolute Gasteiger partial charge is 0.261 e. The summed E-state index contributed by atoms with van der Waals surface area (Å²) in [7, 11) is -3.73. The van der Waals surface area contributed by atoms with E-state index in [0.717, 1.165) is 43.0 Å². The number of amides is 1. The summed E-state index contributed by atoms with van der Waals surface area (Å²) in [5.41, 5.74) is 1.91. The molecule has 0 aliphatic carbocycles. The van der Waals surface area contributed by atoms with Crippen LogP contribution >= 0.6 is 0 Å². The van der Waals surface area contributed by atoms with Gasteiger partial charge >= 0.3 is 0 Å². The molecule has 0 atom stereocenters. The van der Waals surface area contributed by atoms with Crippen LogP contribution in [-0.2, 0) is 29.5 Å². The summed E-state index contributed by atoms with van der Waals surface area (Å²) in [6, 6.07) is 12.9. The Morgan fingerprint density at radius 3 is 2.48 bits per heavy atom. The van der Waals surface area contributed by atoms with Gasteiger partial charge in [-0.05, 0) is 56.2 Å². The first-order chi connectivity index (χ1) is 14.9. The molecular formula is C22H25N5O3S. The van der Waals surface area contributed by atoms with Crippen molar-refractivity contribution < 1.29 is 13.2 Å². The van der Waals surface area contributed by atoms with Crippen molar-refractivity contribution in [2.24, 2.45) is 0 Å². The van der Waals surface area contributed by atoms with Crippen LogP contribution in [0.15, 0.2) is 53.4 Å². The van der Waals surface area contributed by atoms with Gasteiger partial charge < -0.3 is 9.88 Å². The summed E-state index contributed by atoms with van der Waals surface area (Å²) in [5.74, 6) is 1.42. The molecule has 0 spiro atoms. The Hall–Kier alpha value is -3.20. The molecule has 8 nitrogen and oxygen atoms in total. The molecule has 0 saturated carbocycles. The van der Waals surface area contributed by atoms with Crippen molar-refractivity contribution in [3.63, 3.8) is 0 Å². The summed E-state index contributed by atoms with van der Waals surface area (Å²) in [6.07, 6.45) is 4.27. The number of rotatable bonds is 6. The second-order valence-corrected chi connectivity index (χ2v) is 9.36. The molecule has 0 fully saturated rings. The number of nitrogens with zero attached hydrogens (tertiary/aromatic N) is 3. The Morgan fingerprint density at radius 2 is 1.74 bits per heavy atom. The molecule has 0 saturated heterocycles. The normalized spacial score (nSPS) is 13.8. The van der Waals surface area contributed by atoms with Gasteiger partial charge in [0.2, 0.25) is 0 Å². The van der Waals surface area contributed by atoms with Crippen molar-refractivity contribution >= 4 is 21.6 Å². The van der Waals surface area contributed by atoms with Crippen LogP contribution in [-0.4, -0.2) is 29.1 Å². The minimum absolute atomic E-state index is 0.0902. The number of carbonyl (C=O) groups is 1. The van der Waals surface area contributed by atoms with E-state index in [2.05, 4.69) is 24.8 Å². The molecule has 9 heteroatoms. The molecular weight excluding hydrogens is 414 g/mol. The van der Waals surface area contributed by atoms with Gasteiger partial charge in [0.1, 0.15) is 5.82 Å². The number of hydrogen-bond acceptors (Lipinski definition) is 5. The Kier molecular flexibility index (Phi) is 6.03. The van der Waals surface area contributed by atoms with E-state index < -0.39 is 10.0 Å². The maximum atomic E-state index is 12.6. The molecule has 0 radical (unpaired) electrons. The lowest BCUT2D eigenvalue weighted by Gasteiger charge is -2.10. The Labute approximate surface area is 181 Å². The number of sulfonamides is 1. The van der Waals surface area contributed by atoms with Crippen molar-refractivity contribution in [3.8, 4) is 0 Å². The first kappa shape index (κ1) is 21.0. The van der Waals surface area contributed by atoms with Crippen molar-refractivity contribution in [1.82, 2.24) is 20.1 Å². The summed E-state index contributed by atoms with van der Waals surface area (Å²) < 4.78 is 29.8. The molecule has 4 rings (SSSR count). The van der Waals surface area contributed by atoms with Crippen LogP contribution < -0.4 is 10.0 Å². The fourth-order valence-corrected chi connectivity index (χ4v) is 4.62. The van der Waals surface area contributed by atoms with Gasteiger partial charge in [-0.1, -0.05) is 24.1 Å². The molecule has 2 N–H and O–H groups in total. The summed E-state index contributed by atoms with van der Waals surface area (Å²) in [5, 5.41) is 11.3. The van der Waals surface area contributed by atoms with E-state index >= 15 is 0 Å². The van der Waals surface area contributed by atoms with Gasteiger partial charge in [-0.2, -0.15) is 0 Å². The molecule has 0 unspecified atom stereocenters. The summed E-state index contributed by atoms with van der Waals surface area (Å²) >= 11 is 0. The molecule has 2 aromatic carbocycles. The fourth-order valence-electron chi connectivity index (χ4n) is 3.56. The van der Waals surface area contributed by atoms with Crippen molar-refractivity contribution in [2.45, 2.75) is 50.6 Å². The molecule has 3 aromatic rings. The minimum atomic E-state index is -3.73. The third-order valence-corrected chi connectivity index (χ3v) is 6.72. The predicted molar refractivity (Wildman–Crippen MR) is 117 cm³/mol. The van der Waals surface area contributed by atoms with Gasteiger partial charge in [-0.15, -0.1) is 10.2 Å². The number of aryl methyl sites for hydroxylation is 2. The molecule has 31 heavy (non-hydrogen) atoms. The van der Waals surface area contributed by atoms with Gasteiger partial charge in [-0.3, -0.25) is 9.52 Å². The highest BCUT2D eigenvalue weighted by atomic mass is 32.2. The summed E-state index contributed by atoms with van der Waals surface area (Å²) in [6.45, 7) is 3.08. The Balaban J connectivity index is 1.40. The zero-order valence-corrected chi connectivity index (χ0v) is 18.2. The molecule has 0 bridgehead atoms. The van der Waals surface area contributed by atoms with Crippen LogP contribution in [0.4, 0.5) is 5.69 Å². The number of benzene rings is 2. The van der Waals surface area contributed by atoms with Gasteiger partial charge in [0, 0.05) is 24.2 Å². The molecule has 2 heterocycles. The molecule has 1 aromatic heterocycles. The van der Waals surface area contributed by atoms with E-state index in [1.54, 1.807) is 12.1 Å². The highest BCUT2D eigenvalue weighted by Gasteiger charge is 2.17. The lowest BCUT2D eigenvalue weighted by molar-refractivity contribution is 0.0949. The zero-order valence-electron chi connectivity index (χ0n) is 17.3. The second kappa shape index (κ2) is 8.89. The predicted octanol–water partition coefficient (Wildman–Crippen LogP) is 3.04. The van der Waals surface area contributed by atoms with E-state index in [1.165, 1.54) is 30.7 Å². The number of hydrogen-bond donors (Lipinski definition) is 2. The molecule has 1 aliphatic rings. The molecule has 1 aliphatic heterocycles. The van der Waals surface area contributed by atoms with Gasteiger partial charge in [0.05, 0.1) is 11.4 Å². The van der Waals surface area contributed by atoms with Crippen molar-refractivity contribution in [3.05, 3.63) is 71.3 Å². The average molecular weight is 440 g/mol. The highest BCUT2D eigenvalue weighted by Crippen LogP contribution is 2.18. The lowest BCUT2D eigenvalue weighted by Crippen LogP contribution is -2.25. The fraction of sp³-hybridized carbons (Fsp3) is 0.318. The Morgan fingerprint density at radius 1 is 1.00 bits per heavy atom. The molecule has 162 valence electrons. The van der Waals surface area contributed by atoms with Gasteiger partial charge in [0.15, 0.2) is 5.82 Å². The van der Waals surface area contributed by atoms with E-state index in [9.17, 15) is 13.2 Å². The average Bonchev–Trinajstić information content (AvgIpc) is 2.99. The number of fused-ring (bicyclic) bond motifs is 1. The van der Waals surface area contributed by atoms with Gasteiger partial charge in [0.25, 0.3) is 15.9 Å². The maximum Gasteiger partial charge on any atom is 0.261 e. The lowest BCUT2D eigenvalue weighted by atomic mass is 10.2. The number of anilines is 1. The SMILES string of the molecule is Cc1ccc(NS(=O)(=O)c2ccc(C(=O)NCc3nnc4n3CCCCC4)cc2)cc1. The Bertz CT molecular complexity index is 1170. The van der Waals surface area contributed by atoms with E-state index in [1.807, 2.05) is 19.1 Å².